The maximum atomic E-state index is 11.8. The quantitative estimate of drug-likeness (QED) is 0.813. The van der Waals surface area contributed by atoms with Crippen LogP contribution in [0.3, 0.4) is 0 Å². The lowest BCUT2D eigenvalue weighted by Crippen LogP contribution is -2.23. The van der Waals surface area contributed by atoms with Crippen molar-refractivity contribution < 1.29 is 4.79 Å². The molecule has 2 rings (SSSR count). The highest BCUT2D eigenvalue weighted by Crippen LogP contribution is 2.08. The molecule has 0 unspecified atom stereocenters. The highest BCUT2D eigenvalue weighted by atomic mass is 32.1. The van der Waals surface area contributed by atoms with E-state index in [1.54, 1.807) is 24.4 Å². The summed E-state index contributed by atoms with van der Waals surface area (Å²) in [6.45, 7) is 0.427. The number of thiol groups is 1. The Morgan fingerprint density at radius 3 is 2.82 bits per heavy atom. The van der Waals surface area contributed by atoms with E-state index in [9.17, 15) is 4.79 Å². The Kier molecular flexibility index (Phi) is 3.77. The first kappa shape index (κ1) is 11.7. The lowest BCUT2D eigenvalue weighted by Gasteiger charge is -2.05. The van der Waals surface area contributed by atoms with Gasteiger partial charge in [-0.05, 0) is 30.3 Å². The average molecular weight is 244 g/mol. The van der Waals surface area contributed by atoms with Crippen LogP contribution in [0.1, 0.15) is 16.1 Å². The molecule has 1 N–H and O–H groups in total. The van der Waals surface area contributed by atoms with Crippen molar-refractivity contribution in [1.29, 1.82) is 0 Å². The van der Waals surface area contributed by atoms with Gasteiger partial charge in [0.25, 0.3) is 5.91 Å². The predicted molar refractivity (Wildman–Crippen MR) is 69.1 cm³/mol. The Labute approximate surface area is 105 Å². The largest absolute Gasteiger partial charge is 0.346 e. The SMILES string of the molecule is O=C(NCc1ccccn1)c1cccc(S)c1. The fraction of sp³-hybridized carbons (Fsp3) is 0.0769. The van der Waals surface area contributed by atoms with Crippen LogP contribution >= 0.6 is 12.6 Å². The second-order valence-electron chi connectivity index (χ2n) is 3.55. The van der Waals surface area contributed by atoms with E-state index in [0.717, 1.165) is 10.6 Å². The highest BCUT2D eigenvalue weighted by Gasteiger charge is 2.05. The summed E-state index contributed by atoms with van der Waals surface area (Å²) in [7, 11) is 0. The molecular formula is C13H12N2OS. The van der Waals surface area contributed by atoms with Gasteiger partial charge in [-0.25, -0.2) is 0 Å². The van der Waals surface area contributed by atoms with Gasteiger partial charge in [0.1, 0.15) is 0 Å². The highest BCUT2D eigenvalue weighted by molar-refractivity contribution is 7.80. The molecule has 4 heteroatoms. The smallest absolute Gasteiger partial charge is 0.251 e. The number of nitrogens with one attached hydrogen (secondary N) is 1. The number of hydrogen-bond acceptors (Lipinski definition) is 3. The van der Waals surface area contributed by atoms with Crippen LogP contribution in [0.15, 0.2) is 53.6 Å². The minimum absolute atomic E-state index is 0.119. The number of nitrogens with zero attached hydrogens (tertiary/aromatic N) is 1. The lowest BCUT2D eigenvalue weighted by molar-refractivity contribution is 0.0950. The summed E-state index contributed by atoms with van der Waals surface area (Å²) in [6.07, 6.45) is 1.70. The van der Waals surface area contributed by atoms with Crippen molar-refractivity contribution in [3.8, 4) is 0 Å². The molecule has 1 aromatic heterocycles. The molecule has 0 aliphatic heterocycles. The molecule has 0 aliphatic carbocycles. The van der Waals surface area contributed by atoms with Crippen molar-refractivity contribution in [3.63, 3.8) is 0 Å². The summed E-state index contributed by atoms with van der Waals surface area (Å²) >= 11 is 4.19. The van der Waals surface area contributed by atoms with Crippen molar-refractivity contribution in [3.05, 3.63) is 59.9 Å². The van der Waals surface area contributed by atoms with Gasteiger partial charge in [-0.3, -0.25) is 9.78 Å². The molecule has 86 valence electrons. The van der Waals surface area contributed by atoms with Crippen molar-refractivity contribution in [2.75, 3.05) is 0 Å². The van der Waals surface area contributed by atoms with Gasteiger partial charge in [0.15, 0.2) is 0 Å². The van der Waals surface area contributed by atoms with Crippen LogP contribution in [0, 0.1) is 0 Å². The Bertz CT molecular complexity index is 514. The Hall–Kier alpha value is -1.81. The third-order valence-electron chi connectivity index (χ3n) is 2.26. The van der Waals surface area contributed by atoms with Crippen LogP contribution < -0.4 is 5.32 Å². The molecule has 1 heterocycles. The van der Waals surface area contributed by atoms with E-state index < -0.39 is 0 Å². The van der Waals surface area contributed by atoms with Gasteiger partial charge in [-0.1, -0.05) is 12.1 Å². The number of rotatable bonds is 3. The zero-order valence-electron chi connectivity index (χ0n) is 9.13. The summed E-state index contributed by atoms with van der Waals surface area (Å²) in [5.74, 6) is -0.119. The number of carbonyl (C=O) groups is 1. The maximum absolute atomic E-state index is 11.8. The van der Waals surface area contributed by atoms with Crippen molar-refractivity contribution in [1.82, 2.24) is 10.3 Å². The molecule has 0 radical (unpaired) electrons. The van der Waals surface area contributed by atoms with Gasteiger partial charge in [-0.2, -0.15) is 0 Å². The standard InChI is InChI=1S/C13H12N2OS/c16-13(10-4-3-6-12(17)8-10)15-9-11-5-1-2-7-14-11/h1-8,17H,9H2,(H,15,16). The molecule has 0 saturated heterocycles. The summed E-state index contributed by atoms with van der Waals surface area (Å²) in [6, 6.07) is 12.7. The molecule has 0 fully saturated rings. The molecule has 17 heavy (non-hydrogen) atoms. The third-order valence-corrected chi connectivity index (χ3v) is 2.54. The Morgan fingerprint density at radius 1 is 1.24 bits per heavy atom. The molecule has 0 saturated carbocycles. The minimum atomic E-state index is -0.119. The molecule has 1 aromatic carbocycles. The summed E-state index contributed by atoms with van der Waals surface area (Å²) < 4.78 is 0. The van der Waals surface area contributed by atoms with Gasteiger partial charge < -0.3 is 5.32 Å². The van der Waals surface area contributed by atoms with E-state index in [4.69, 9.17) is 0 Å². The molecule has 0 spiro atoms. The van der Waals surface area contributed by atoms with E-state index in [2.05, 4.69) is 22.9 Å². The monoisotopic (exact) mass is 244 g/mol. The third kappa shape index (κ3) is 3.32. The van der Waals surface area contributed by atoms with Crippen LogP contribution in [0.4, 0.5) is 0 Å². The van der Waals surface area contributed by atoms with E-state index >= 15 is 0 Å². The first-order chi connectivity index (χ1) is 8.25. The van der Waals surface area contributed by atoms with E-state index in [0.29, 0.717) is 12.1 Å². The van der Waals surface area contributed by atoms with Gasteiger partial charge in [0, 0.05) is 16.7 Å². The number of aromatic nitrogens is 1. The molecule has 2 aromatic rings. The van der Waals surface area contributed by atoms with E-state index in [1.807, 2.05) is 24.3 Å². The number of carbonyl (C=O) groups excluding carboxylic acids is 1. The molecule has 0 atom stereocenters. The molecular weight excluding hydrogens is 232 g/mol. The van der Waals surface area contributed by atoms with Crippen LogP contribution in [-0.4, -0.2) is 10.9 Å². The average Bonchev–Trinajstić information content (AvgIpc) is 2.37. The van der Waals surface area contributed by atoms with Crippen LogP contribution in [0.5, 0.6) is 0 Å². The molecule has 1 amide bonds. The Morgan fingerprint density at radius 2 is 2.12 bits per heavy atom. The van der Waals surface area contributed by atoms with Crippen LogP contribution in [0.2, 0.25) is 0 Å². The first-order valence-electron chi connectivity index (χ1n) is 5.23. The van der Waals surface area contributed by atoms with Gasteiger partial charge in [-0.15, -0.1) is 12.6 Å². The van der Waals surface area contributed by atoms with Gasteiger partial charge in [0.05, 0.1) is 12.2 Å². The van der Waals surface area contributed by atoms with Crippen LogP contribution in [0.25, 0.3) is 0 Å². The fourth-order valence-corrected chi connectivity index (χ4v) is 1.65. The maximum Gasteiger partial charge on any atom is 0.251 e. The number of hydrogen-bond donors (Lipinski definition) is 2. The van der Waals surface area contributed by atoms with Crippen molar-refractivity contribution in [2.24, 2.45) is 0 Å². The van der Waals surface area contributed by atoms with E-state index in [-0.39, 0.29) is 5.91 Å². The number of pyridine rings is 1. The second-order valence-corrected chi connectivity index (χ2v) is 4.07. The second kappa shape index (κ2) is 5.50. The van der Waals surface area contributed by atoms with Crippen LogP contribution in [-0.2, 0) is 6.54 Å². The summed E-state index contributed by atoms with van der Waals surface area (Å²) in [5, 5.41) is 2.81. The topological polar surface area (TPSA) is 42.0 Å². The molecule has 0 aliphatic rings. The first-order valence-corrected chi connectivity index (χ1v) is 5.67. The number of benzene rings is 1. The summed E-state index contributed by atoms with van der Waals surface area (Å²) in [5.41, 5.74) is 1.44. The fourth-order valence-electron chi connectivity index (χ4n) is 1.42. The normalized spacial score (nSPS) is 9.94. The van der Waals surface area contributed by atoms with Crippen molar-refractivity contribution >= 4 is 18.5 Å². The molecule has 0 bridgehead atoms. The van der Waals surface area contributed by atoms with Gasteiger partial charge in [0.2, 0.25) is 0 Å². The van der Waals surface area contributed by atoms with Gasteiger partial charge >= 0.3 is 0 Å². The number of amides is 1. The predicted octanol–water partition coefficient (Wildman–Crippen LogP) is 2.30. The minimum Gasteiger partial charge on any atom is -0.346 e. The molecule has 3 nitrogen and oxygen atoms in total. The summed E-state index contributed by atoms with van der Waals surface area (Å²) in [4.78, 5) is 16.7. The zero-order valence-corrected chi connectivity index (χ0v) is 10.0. The Balaban J connectivity index is 1.98. The van der Waals surface area contributed by atoms with E-state index in [1.165, 1.54) is 0 Å². The zero-order chi connectivity index (χ0) is 12.1. The lowest BCUT2D eigenvalue weighted by atomic mass is 10.2. The van der Waals surface area contributed by atoms with Crippen molar-refractivity contribution in [2.45, 2.75) is 11.4 Å².